The van der Waals surface area contributed by atoms with Crippen LogP contribution in [-0.4, -0.2) is 6.17 Å². The van der Waals surface area contributed by atoms with Gasteiger partial charge in [0.1, 0.15) is 6.17 Å². The monoisotopic (exact) mass is 156 g/mol. The molecule has 0 spiro atoms. The molecule has 0 aromatic carbocycles. The SMILES string of the molecule is CCC(C)C1=CCC(F)CC1. The molecule has 0 nitrogen and oxygen atoms in total. The van der Waals surface area contributed by atoms with Crippen molar-refractivity contribution in [2.75, 3.05) is 0 Å². The molecule has 0 N–H and O–H groups in total. The van der Waals surface area contributed by atoms with Gasteiger partial charge in [-0.25, -0.2) is 4.39 Å². The third-order valence-corrected chi connectivity index (χ3v) is 2.63. The third kappa shape index (κ3) is 2.32. The Bertz CT molecular complexity index is 149. The third-order valence-electron chi connectivity index (χ3n) is 2.63. The van der Waals surface area contributed by atoms with Gasteiger partial charge in [0.15, 0.2) is 0 Å². The molecule has 1 rings (SSSR count). The molecule has 0 saturated carbocycles. The van der Waals surface area contributed by atoms with Gasteiger partial charge in [0.25, 0.3) is 0 Å². The zero-order chi connectivity index (χ0) is 8.27. The van der Waals surface area contributed by atoms with Crippen molar-refractivity contribution in [2.45, 2.75) is 45.7 Å². The molecule has 64 valence electrons. The number of hydrogen-bond acceptors (Lipinski definition) is 0. The highest BCUT2D eigenvalue weighted by Gasteiger charge is 2.15. The van der Waals surface area contributed by atoms with Gasteiger partial charge in [-0.1, -0.05) is 25.5 Å². The topological polar surface area (TPSA) is 0 Å². The molecule has 0 fully saturated rings. The average Bonchev–Trinajstić information content (AvgIpc) is 2.05. The molecule has 1 aliphatic rings. The summed E-state index contributed by atoms with van der Waals surface area (Å²) < 4.78 is 12.7. The lowest BCUT2D eigenvalue weighted by Gasteiger charge is -2.20. The number of halogens is 1. The molecule has 0 aromatic heterocycles. The largest absolute Gasteiger partial charge is 0.247 e. The Morgan fingerprint density at radius 2 is 2.45 bits per heavy atom. The van der Waals surface area contributed by atoms with Crippen molar-refractivity contribution in [1.29, 1.82) is 0 Å². The van der Waals surface area contributed by atoms with Crippen molar-refractivity contribution in [3.05, 3.63) is 11.6 Å². The minimum atomic E-state index is -0.567. The second kappa shape index (κ2) is 3.89. The first-order valence-electron chi connectivity index (χ1n) is 4.57. The number of hydrogen-bond donors (Lipinski definition) is 0. The van der Waals surface area contributed by atoms with Crippen LogP contribution in [0.5, 0.6) is 0 Å². The van der Waals surface area contributed by atoms with Crippen LogP contribution in [0.3, 0.4) is 0 Å². The zero-order valence-corrected chi connectivity index (χ0v) is 7.44. The minimum Gasteiger partial charge on any atom is -0.247 e. The van der Waals surface area contributed by atoms with Crippen LogP contribution >= 0.6 is 0 Å². The molecule has 0 heterocycles. The van der Waals surface area contributed by atoms with Crippen molar-refractivity contribution >= 4 is 0 Å². The predicted molar refractivity (Wildman–Crippen MR) is 46.3 cm³/mol. The molecule has 0 bridgehead atoms. The summed E-state index contributed by atoms with van der Waals surface area (Å²) in [7, 11) is 0. The van der Waals surface area contributed by atoms with Crippen LogP contribution in [0.1, 0.15) is 39.5 Å². The Hall–Kier alpha value is -0.330. The minimum absolute atomic E-state index is 0.567. The maximum absolute atomic E-state index is 12.7. The van der Waals surface area contributed by atoms with Gasteiger partial charge in [0, 0.05) is 0 Å². The molecule has 0 aliphatic heterocycles. The molecular weight excluding hydrogens is 139 g/mol. The Balaban J connectivity index is 2.47. The highest BCUT2D eigenvalue weighted by Crippen LogP contribution is 2.27. The maximum atomic E-state index is 12.7. The van der Waals surface area contributed by atoms with E-state index >= 15 is 0 Å². The summed E-state index contributed by atoms with van der Waals surface area (Å²) in [5.41, 5.74) is 1.47. The van der Waals surface area contributed by atoms with Crippen molar-refractivity contribution in [3.8, 4) is 0 Å². The van der Waals surface area contributed by atoms with E-state index in [2.05, 4.69) is 19.9 Å². The lowest BCUT2D eigenvalue weighted by Crippen LogP contribution is -2.09. The summed E-state index contributed by atoms with van der Waals surface area (Å²) in [5, 5.41) is 0. The van der Waals surface area contributed by atoms with Crippen molar-refractivity contribution < 1.29 is 4.39 Å². The van der Waals surface area contributed by atoms with E-state index in [1.807, 2.05) is 0 Å². The van der Waals surface area contributed by atoms with Gasteiger partial charge in [0.2, 0.25) is 0 Å². The van der Waals surface area contributed by atoms with Gasteiger partial charge in [-0.3, -0.25) is 0 Å². The number of allylic oxidation sites excluding steroid dienone is 2. The van der Waals surface area contributed by atoms with Crippen LogP contribution in [0.4, 0.5) is 4.39 Å². The van der Waals surface area contributed by atoms with E-state index in [1.165, 1.54) is 12.0 Å². The average molecular weight is 156 g/mol. The lowest BCUT2D eigenvalue weighted by atomic mass is 9.88. The summed E-state index contributed by atoms with van der Waals surface area (Å²) in [4.78, 5) is 0. The van der Waals surface area contributed by atoms with E-state index in [4.69, 9.17) is 0 Å². The lowest BCUT2D eigenvalue weighted by molar-refractivity contribution is 0.302. The van der Waals surface area contributed by atoms with E-state index in [-0.39, 0.29) is 0 Å². The van der Waals surface area contributed by atoms with E-state index in [9.17, 15) is 4.39 Å². The van der Waals surface area contributed by atoms with Crippen molar-refractivity contribution in [3.63, 3.8) is 0 Å². The Morgan fingerprint density at radius 3 is 2.91 bits per heavy atom. The van der Waals surface area contributed by atoms with Crippen LogP contribution in [0.15, 0.2) is 11.6 Å². The molecule has 2 unspecified atom stereocenters. The molecule has 11 heavy (non-hydrogen) atoms. The second-order valence-electron chi connectivity index (χ2n) is 3.46. The molecule has 1 aliphatic carbocycles. The quantitative estimate of drug-likeness (QED) is 0.537. The first kappa shape index (κ1) is 8.76. The second-order valence-corrected chi connectivity index (χ2v) is 3.46. The van der Waals surface area contributed by atoms with Gasteiger partial charge in [0.05, 0.1) is 0 Å². The standard InChI is InChI=1S/C10H17F/c1-3-8(2)9-4-6-10(11)7-5-9/h4,8,10H,3,5-7H2,1-2H3. The first-order chi connectivity index (χ1) is 5.24. The van der Waals surface area contributed by atoms with Gasteiger partial charge in [-0.15, -0.1) is 0 Å². The Morgan fingerprint density at radius 1 is 1.73 bits per heavy atom. The molecule has 0 aromatic rings. The molecular formula is C10H17F. The van der Waals surface area contributed by atoms with E-state index in [1.54, 1.807) is 0 Å². The zero-order valence-electron chi connectivity index (χ0n) is 7.44. The summed E-state index contributed by atoms with van der Waals surface area (Å²) >= 11 is 0. The van der Waals surface area contributed by atoms with Gasteiger partial charge < -0.3 is 0 Å². The van der Waals surface area contributed by atoms with Crippen LogP contribution in [0.25, 0.3) is 0 Å². The molecule has 2 atom stereocenters. The molecule has 0 radical (unpaired) electrons. The normalized spacial score (nSPS) is 27.9. The maximum Gasteiger partial charge on any atom is 0.104 e. The fourth-order valence-electron chi connectivity index (χ4n) is 1.53. The first-order valence-corrected chi connectivity index (χ1v) is 4.57. The highest BCUT2D eigenvalue weighted by atomic mass is 19.1. The van der Waals surface area contributed by atoms with E-state index < -0.39 is 6.17 Å². The smallest absolute Gasteiger partial charge is 0.104 e. The van der Waals surface area contributed by atoms with Crippen molar-refractivity contribution in [1.82, 2.24) is 0 Å². The fourth-order valence-corrected chi connectivity index (χ4v) is 1.53. The Kier molecular flexibility index (Phi) is 3.10. The predicted octanol–water partition coefficient (Wildman–Crippen LogP) is 3.48. The number of alkyl halides is 1. The molecule has 0 amide bonds. The van der Waals surface area contributed by atoms with Gasteiger partial charge in [-0.2, -0.15) is 0 Å². The van der Waals surface area contributed by atoms with Crippen LogP contribution in [-0.2, 0) is 0 Å². The van der Waals surface area contributed by atoms with Crippen molar-refractivity contribution in [2.24, 2.45) is 5.92 Å². The van der Waals surface area contributed by atoms with E-state index in [0.29, 0.717) is 12.3 Å². The van der Waals surface area contributed by atoms with Gasteiger partial charge >= 0.3 is 0 Å². The fraction of sp³-hybridized carbons (Fsp3) is 0.800. The van der Waals surface area contributed by atoms with E-state index in [0.717, 1.165) is 12.8 Å². The van der Waals surface area contributed by atoms with Crippen LogP contribution in [0.2, 0.25) is 0 Å². The van der Waals surface area contributed by atoms with Crippen LogP contribution < -0.4 is 0 Å². The summed E-state index contributed by atoms with van der Waals surface area (Å²) in [5.74, 6) is 0.669. The number of rotatable bonds is 2. The van der Waals surface area contributed by atoms with Crippen LogP contribution in [0, 0.1) is 5.92 Å². The Labute approximate surface area is 68.5 Å². The molecule has 0 saturated heterocycles. The summed E-state index contributed by atoms with van der Waals surface area (Å²) in [6.07, 6.45) is 5.10. The summed E-state index contributed by atoms with van der Waals surface area (Å²) in [6, 6.07) is 0. The summed E-state index contributed by atoms with van der Waals surface area (Å²) in [6.45, 7) is 4.41. The van der Waals surface area contributed by atoms with Gasteiger partial charge in [-0.05, 0) is 31.6 Å². The highest BCUT2D eigenvalue weighted by molar-refractivity contribution is 5.09. The molecule has 1 heteroatoms.